The lowest BCUT2D eigenvalue weighted by Crippen LogP contribution is -2.17. The maximum Gasteiger partial charge on any atom is 0.271 e. The molecule has 0 aliphatic heterocycles. The predicted octanol–water partition coefficient (Wildman–Crippen LogP) is 2.94. The minimum atomic E-state index is -0.382. The third kappa shape index (κ3) is 4.23. The van der Waals surface area contributed by atoms with Crippen molar-refractivity contribution < 1.29 is 19.4 Å². The number of nitrogens with zero attached hydrogens (tertiary/aromatic N) is 1. The molecule has 0 spiro atoms. The van der Waals surface area contributed by atoms with Gasteiger partial charge in [-0.25, -0.2) is 5.43 Å². The molecule has 23 heavy (non-hydrogen) atoms. The van der Waals surface area contributed by atoms with Crippen LogP contribution in [0.3, 0.4) is 0 Å². The van der Waals surface area contributed by atoms with Gasteiger partial charge >= 0.3 is 0 Å². The second-order valence-corrected chi connectivity index (χ2v) is 5.33. The summed E-state index contributed by atoms with van der Waals surface area (Å²) in [5.74, 6) is 0.908. The summed E-state index contributed by atoms with van der Waals surface area (Å²) in [6.45, 7) is 0. The van der Waals surface area contributed by atoms with Crippen LogP contribution in [-0.4, -0.2) is 31.4 Å². The number of methoxy groups -OCH3 is 2. The van der Waals surface area contributed by atoms with Gasteiger partial charge < -0.3 is 14.6 Å². The maximum absolute atomic E-state index is 11.9. The quantitative estimate of drug-likeness (QED) is 0.619. The van der Waals surface area contributed by atoms with Crippen molar-refractivity contribution >= 4 is 28.1 Å². The van der Waals surface area contributed by atoms with Crippen molar-refractivity contribution in [2.75, 3.05) is 14.2 Å². The Balaban J connectivity index is 2.12. The molecule has 2 aromatic carbocycles. The van der Waals surface area contributed by atoms with Crippen molar-refractivity contribution in [1.82, 2.24) is 5.43 Å². The first-order valence-corrected chi connectivity index (χ1v) is 7.38. The number of benzene rings is 2. The van der Waals surface area contributed by atoms with Crippen LogP contribution in [0.2, 0.25) is 0 Å². The Morgan fingerprint density at radius 3 is 2.43 bits per heavy atom. The van der Waals surface area contributed by atoms with E-state index < -0.39 is 0 Å². The molecule has 0 radical (unpaired) electrons. The van der Waals surface area contributed by atoms with E-state index in [-0.39, 0.29) is 11.7 Å². The van der Waals surface area contributed by atoms with E-state index in [0.29, 0.717) is 22.6 Å². The van der Waals surface area contributed by atoms with Gasteiger partial charge in [0.05, 0.1) is 24.9 Å². The molecule has 0 aromatic heterocycles. The van der Waals surface area contributed by atoms with Crippen LogP contribution < -0.4 is 14.9 Å². The fraction of sp³-hybridized carbons (Fsp3) is 0.125. The van der Waals surface area contributed by atoms with Crippen LogP contribution in [0.5, 0.6) is 17.2 Å². The molecule has 0 bridgehead atoms. The van der Waals surface area contributed by atoms with Crippen LogP contribution in [0.4, 0.5) is 0 Å². The number of rotatable bonds is 5. The van der Waals surface area contributed by atoms with E-state index in [2.05, 4.69) is 26.5 Å². The monoisotopic (exact) mass is 378 g/mol. The van der Waals surface area contributed by atoms with Crippen molar-refractivity contribution in [1.29, 1.82) is 0 Å². The van der Waals surface area contributed by atoms with Crippen LogP contribution in [-0.2, 0) is 0 Å². The average molecular weight is 379 g/mol. The van der Waals surface area contributed by atoms with Gasteiger partial charge in [0.25, 0.3) is 5.91 Å². The summed E-state index contributed by atoms with van der Waals surface area (Å²) in [5.41, 5.74) is 3.48. The van der Waals surface area contributed by atoms with Crippen LogP contribution >= 0.6 is 15.9 Å². The number of ether oxygens (including phenoxy) is 2. The first kappa shape index (κ1) is 16.8. The second kappa shape index (κ2) is 7.64. The molecule has 6 nitrogen and oxygen atoms in total. The van der Waals surface area contributed by atoms with E-state index in [1.807, 2.05) is 0 Å². The van der Waals surface area contributed by atoms with Crippen LogP contribution in [0.1, 0.15) is 15.9 Å². The molecule has 0 heterocycles. The second-order valence-electron chi connectivity index (χ2n) is 4.47. The zero-order valence-electron chi connectivity index (χ0n) is 12.5. The Hall–Kier alpha value is -2.54. The third-order valence-corrected chi connectivity index (χ3v) is 3.62. The molecule has 0 aliphatic rings. The SMILES string of the molecule is COc1cc(OC)c(/C=N/NC(=O)c2ccc(O)cc2)cc1Br. The molecule has 0 atom stereocenters. The molecule has 0 unspecified atom stereocenters. The topological polar surface area (TPSA) is 80.2 Å². The lowest BCUT2D eigenvalue weighted by atomic mass is 10.2. The summed E-state index contributed by atoms with van der Waals surface area (Å²) in [7, 11) is 3.10. The number of hydrazone groups is 1. The summed E-state index contributed by atoms with van der Waals surface area (Å²) in [5, 5.41) is 13.1. The molecule has 2 rings (SSSR count). The van der Waals surface area contributed by atoms with Crippen molar-refractivity contribution in [3.8, 4) is 17.2 Å². The predicted molar refractivity (Wildman–Crippen MR) is 90.4 cm³/mol. The molecule has 0 saturated carbocycles. The number of hydrogen-bond acceptors (Lipinski definition) is 5. The highest BCUT2D eigenvalue weighted by atomic mass is 79.9. The van der Waals surface area contributed by atoms with Crippen molar-refractivity contribution in [3.05, 3.63) is 52.0 Å². The van der Waals surface area contributed by atoms with Crippen LogP contribution in [0.25, 0.3) is 0 Å². The Kier molecular flexibility index (Phi) is 5.59. The van der Waals surface area contributed by atoms with E-state index in [4.69, 9.17) is 9.47 Å². The first-order chi connectivity index (χ1) is 11.0. The highest BCUT2D eigenvalue weighted by molar-refractivity contribution is 9.10. The van der Waals surface area contributed by atoms with Gasteiger partial charge in [0.1, 0.15) is 17.2 Å². The number of aromatic hydroxyl groups is 1. The zero-order chi connectivity index (χ0) is 16.8. The van der Waals surface area contributed by atoms with Gasteiger partial charge in [-0.05, 0) is 46.3 Å². The largest absolute Gasteiger partial charge is 0.508 e. The minimum absolute atomic E-state index is 0.0953. The van der Waals surface area contributed by atoms with Crippen molar-refractivity contribution in [2.24, 2.45) is 5.10 Å². The fourth-order valence-corrected chi connectivity index (χ4v) is 2.34. The van der Waals surface area contributed by atoms with E-state index in [1.165, 1.54) is 37.6 Å². The van der Waals surface area contributed by atoms with Gasteiger partial charge in [-0.2, -0.15) is 5.10 Å². The molecule has 0 aliphatic carbocycles. The van der Waals surface area contributed by atoms with E-state index in [0.717, 1.165) is 4.47 Å². The molecule has 1 amide bonds. The lowest BCUT2D eigenvalue weighted by molar-refractivity contribution is 0.0955. The molecule has 120 valence electrons. The fourth-order valence-electron chi connectivity index (χ4n) is 1.82. The van der Waals surface area contributed by atoms with Crippen molar-refractivity contribution in [3.63, 3.8) is 0 Å². The highest BCUT2D eigenvalue weighted by Gasteiger charge is 2.08. The molecule has 2 N–H and O–H groups in total. The Bertz CT molecular complexity index is 730. The molecular formula is C16H15BrN2O4. The van der Waals surface area contributed by atoms with Crippen molar-refractivity contribution in [2.45, 2.75) is 0 Å². The summed E-state index contributed by atoms with van der Waals surface area (Å²) in [6.07, 6.45) is 1.47. The average Bonchev–Trinajstić information content (AvgIpc) is 2.55. The minimum Gasteiger partial charge on any atom is -0.508 e. The van der Waals surface area contributed by atoms with Crippen LogP contribution in [0.15, 0.2) is 46.0 Å². The maximum atomic E-state index is 11.9. The van der Waals surface area contributed by atoms with E-state index in [9.17, 15) is 9.90 Å². The number of hydrogen-bond donors (Lipinski definition) is 2. The molecule has 7 heteroatoms. The van der Waals surface area contributed by atoms with E-state index in [1.54, 1.807) is 19.2 Å². The number of amides is 1. The first-order valence-electron chi connectivity index (χ1n) is 6.59. The smallest absolute Gasteiger partial charge is 0.271 e. The standard InChI is InChI=1S/C16H15BrN2O4/c1-22-14-8-15(23-2)13(17)7-11(14)9-18-19-16(21)10-3-5-12(20)6-4-10/h3-9,20H,1-2H3,(H,19,21)/b18-9+. The third-order valence-electron chi connectivity index (χ3n) is 3.00. The summed E-state index contributed by atoms with van der Waals surface area (Å²) in [6, 6.07) is 9.36. The summed E-state index contributed by atoms with van der Waals surface area (Å²) >= 11 is 3.38. The van der Waals surface area contributed by atoms with Gasteiger partial charge in [0.2, 0.25) is 0 Å². The van der Waals surface area contributed by atoms with Crippen LogP contribution in [0, 0.1) is 0 Å². The Labute approximate surface area is 141 Å². The van der Waals surface area contributed by atoms with Gasteiger partial charge in [-0.3, -0.25) is 4.79 Å². The summed E-state index contributed by atoms with van der Waals surface area (Å²) < 4.78 is 11.2. The number of phenols is 1. The zero-order valence-corrected chi connectivity index (χ0v) is 14.1. The summed E-state index contributed by atoms with van der Waals surface area (Å²) in [4.78, 5) is 11.9. The number of halogens is 1. The molecular weight excluding hydrogens is 364 g/mol. The number of carbonyl (C=O) groups excluding carboxylic acids is 1. The van der Waals surface area contributed by atoms with Gasteiger partial charge in [0, 0.05) is 17.2 Å². The Morgan fingerprint density at radius 1 is 1.17 bits per heavy atom. The molecule has 2 aromatic rings. The number of nitrogens with one attached hydrogen (secondary N) is 1. The van der Waals surface area contributed by atoms with Gasteiger partial charge in [0.15, 0.2) is 0 Å². The lowest BCUT2D eigenvalue weighted by Gasteiger charge is -2.09. The molecule has 0 saturated heterocycles. The highest BCUT2D eigenvalue weighted by Crippen LogP contribution is 2.31. The normalized spacial score (nSPS) is 10.6. The van der Waals surface area contributed by atoms with E-state index >= 15 is 0 Å². The number of carbonyl (C=O) groups is 1. The Morgan fingerprint density at radius 2 is 1.83 bits per heavy atom. The van der Waals surface area contributed by atoms with Gasteiger partial charge in [-0.1, -0.05) is 0 Å². The number of phenolic OH excluding ortho intramolecular Hbond substituents is 1. The molecule has 0 fully saturated rings. The van der Waals surface area contributed by atoms with Gasteiger partial charge in [-0.15, -0.1) is 0 Å².